The van der Waals surface area contributed by atoms with Crippen LogP contribution in [0, 0.1) is 11.6 Å². The molecule has 0 saturated heterocycles. The van der Waals surface area contributed by atoms with Crippen LogP contribution in [0.25, 0.3) is 0 Å². The lowest BCUT2D eigenvalue weighted by atomic mass is 9.99. The minimum atomic E-state index is -4.82. The van der Waals surface area contributed by atoms with Crippen molar-refractivity contribution in [1.82, 2.24) is 0 Å². The van der Waals surface area contributed by atoms with Gasteiger partial charge in [0.05, 0.1) is 10.0 Å². The second-order valence-corrected chi connectivity index (χ2v) is 5.14. The minimum Gasteiger partial charge on any atom is -0.384 e. The quantitative estimate of drug-likeness (QED) is 0.755. The lowest BCUT2D eigenvalue weighted by molar-refractivity contribution is -0.140. The molecule has 2 aromatic carbocycles. The molecular weight excluding hydrogens is 359 g/mol. The number of aliphatic hydroxyl groups is 1. The van der Waals surface area contributed by atoms with Crippen molar-refractivity contribution >= 4 is 15.9 Å². The van der Waals surface area contributed by atoms with E-state index in [0.717, 1.165) is 6.07 Å². The lowest BCUT2D eigenvalue weighted by Crippen LogP contribution is -2.10. The van der Waals surface area contributed by atoms with Gasteiger partial charge in [-0.3, -0.25) is 0 Å². The molecule has 112 valence electrons. The van der Waals surface area contributed by atoms with Crippen molar-refractivity contribution in [2.75, 3.05) is 0 Å². The van der Waals surface area contributed by atoms with Crippen molar-refractivity contribution in [1.29, 1.82) is 0 Å². The van der Waals surface area contributed by atoms with E-state index in [4.69, 9.17) is 0 Å². The molecule has 0 amide bonds. The van der Waals surface area contributed by atoms with Crippen molar-refractivity contribution in [3.05, 3.63) is 69.2 Å². The van der Waals surface area contributed by atoms with Gasteiger partial charge in [0, 0.05) is 5.56 Å². The first kappa shape index (κ1) is 15.9. The molecule has 0 radical (unpaired) electrons. The third kappa shape index (κ3) is 3.24. The van der Waals surface area contributed by atoms with E-state index in [2.05, 4.69) is 15.9 Å². The van der Waals surface area contributed by atoms with Crippen LogP contribution in [-0.2, 0) is 6.18 Å². The van der Waals surface area contributed by atoms with E-state index in [9.17, 15) is 27.1 Å². The van der Waals surface area contributed by atoms with Crippen LogP contribution in [0.15, 0.2) is 40.9 Å². The molecule has 7 heteroatoms. The van der Waals surface area contributed by atoms with Crippen molar-refractivity contribution in [3.63, 3.8) is 0 Å². The van der Waals surface area contributed by atoms with Crippen LogP contribution in [0.1, 0.15) is 22.8 Å². The third-order valence-corrected chi connectivity index (χ3v) is 3.50. The molecule has 0 fully saturated rings. The highest BCUT2D eigenvalue weighted by Crippen LogP contribution is 2.34. The predicted octanol–water partition coefficient (Wildman–Crippen LogP) is 4.83. The summed E-state index contributed by atoms with van der Waals surface area (Å²) in [4.78, 5) is 0. The van der Waals surface area contributed by atoms with Crippen molar-refractivity contribution in [2.24, 2.45) is 0 Å². The van der Waals surface area contributed by atoms with Gasteiger partial charge in [0.2, 0.25) is 0 Å². The van der Waals surface area contributed by atoms with Gasteiger partial charge in [0.15, 0.2) is 0 Å². The predicted molar refractivity (Wildman–Crippen MR) is 69.6 cm³/mol. The first-order valence-corrected chi connectivity index (χ1v) is 6.49. The maximum absolute atomic E-state index is 13.8. The molecule has 0 aliphatic rings. The molecule has 0 aliphatic carbocycles. The Morgan fingerprint density at radius 2 is 1.71 bits per heavy atom. The van der Waals surface area contributed by atoms with Gasteiger partial charge in [-0.05, 0) is 39.7 Å². The van der Waals surface area contributed by atoms with Gasteiger partial charge < -0.3 is 5.11 Å². The number of rotatable bonds is 2. The Labute approximate surface area is 125 Å². The molecular formula is C14H8BrF5O. The third-order valence-electron chi connectivity index (χ3n) is 2.89. The average Bonchev–Trinajstić information content (AvgIpc) is 2.39. The number of benzene rings is 2. The highest BCUT2D eigenvalue weighted by Gasteiger charge is 2.34. The van der Waals surface area contributed by atoms with Gasteiger partial charge in [-0.15, -0.1) is 0 Å². The van der Waals surface area contributed by atoms with Crippen LogP contribution in [0.2, 0.25) is 0 Å². The number of aliphatic hydroxyl groups excluding tert-OH is 1. The summed E-state index contributed by atoms with van der Waals surface area (Å²) in [5.74, 6) is -2.28. The fraction of sp³-hybridized carbons (Fsp3) is 0.143. The van der Waals surface area contributed by atoms with Gasteiger partial charge in [-0.25, -0.2) is 8.78 Å². The lowest BCUT2D eigenvalue weighted by Gasteiger charge is -2.15. The van der Waals surface area contributed by atoms with Crippen LogP contribution < -0.4 is 0 Å². The van der Waals surface area contributed by atoms with Gasteiger partial charge >= 0.3 is 6.18 Å². The Kier molecular flexibility index (Phi) is 4.34. The zero-order valence-corrected chi connectivity index (χ0v) is 11.8. The summed E-state index contributed by atoms with van der Waals surface area (Å²) >= 11 is 2.93. The van der Waals surface area contributed by atoms with Crippen molar-refractivity contribution in [3.8, 4) is 0 Å². The molecule has 1 N–H and O–H groups in total. The Bertz CT molecular complexity index is 669. The minimum absolute atomic E-state index is 0.0893. The molecule has 0 saturated carbocycles. The highest BCUT2D eigenvalue weighted by molar-refractivity contribution is 9.10. The molecule has 0 aliphatic heterocycles. The Morgan fingerprint density at radius 3 is 2.29 bits per heavy atom. The molecule has 21 heavy (non-hydrogen) atoms. The number of halogens is 6. The zero-order valence-electron chi connectivity index (χ0n) is 10.3. The molecule has 0 aromatic heterocycles. The van der Waals surface area contributed by atoms with Gasteiger partial charge in [-0.2, -0.15) is 13.2 Å². The summed E-state index contributed by atoms with van der Waals surface area (Å²) in [5.41, 5.74) is -1.77. The smallest absolute Gasteiger partial charge is 0.384 e. The van der Waals surface area contributed by atoms with Crippen LogP contribution in [0.5, 0.6) is 0 Å². The Balaban J connectivity index is 2.43. The van der Waals surface area contributed by atoms with E-state index in [-0.39, 0.29) is 15.6 Å². The van der Waals surface area contributed by atoms with Crippen LogP contribution in [0.3, 0.4) is 0 Å². The average molecular weight is 367 g/mol. The van der Waals surface area contributed by atoms with Gasteiger partial charge in [0.1, 0.15) is 17.7 Å². The monoisotopic (exact) mass is 366 g/mol. The fourth-order valence-electron chi connectivity index (χ4n) is 1.84. The maximum Gasteiger partial charge on any atom is 0.419 e. The van der Waals surface area contributed by atoms with Gasteiger partial charge in [0.25, 0.3) is 0 Å². The second-order valence-electron chi connectivity index (χ2n) is 4.28. The molecule has 0 spiro atoms. The molecule has 2 rings (SSSR count). The molecule has 1 atom stereocenters. The van der Waals surface area contributed by atoms with Crippen molar-refractivity contribution < 1.29 is 27.1 Å². The molecule has 0 heterocycles. The summed E-state index contributed by atoms with van der Waals surface area (Å²) in [6.07, 6.45) is -6.39. The largest absolute Gasteiger partial charge is 0.419 e. The van der Waals surface area contributed by atoms with Crippen LogP contribution in [-0.4, -0.2) is 5.11 Å². The van der Waals surface area contributed by atoms with E-state index in [1.54, 1.807) is 0 Å². The summed E-state index contributed by atoms with van der Waals surface area (Å²) in [7, 11) is 0. The van der Waals surface area contributed by atoms with Crippen molar-refractivity contribution in [2.45, 2.75) is 12.3 Å². The van der Waals surface area contributed by atoms with E-state index < -0.39 is 29.5 Å². The van der Waals surface area contributed by atoms with Crippen LogP contribution in [0.4, 0.5) is 22.0 Å². The number of hydrogen-bond acceptors (Lipinski definition) is 1. The normalized spacial score (nSPS) is 13.3. The number of hydrogen-bond donors (Lipinski definition) is 1. The van der Waals surface area contributed by atoms with E-state index in [0.29, 0.717) is 12.1 Å². The first-order chi connectivity index (χ1) is 9.71. The van der Waals surface area contributed by atoms with Crippen LogP contribution >= 0.6 is 15.9 Å². The highest BCUT2D eigenvalue weighted by atomic mass is 79.9. The second kappa shape index (κ2) is 5.73. The first-order valence-electron chi connectivity index (χ1n) is 5.70. The maximum atomic E-state index is 13.8. The number of alkyl halides is 3. The Morgan fingerprint density at radius 1 is 1.05 bits per heavy atom. The van der Waals surface area contributed by atoms with E-state index in [1.165, 1.54) is 18.2 Å². The topological polar surface area (TPSA) is 20.2 Å². The fourth-order valence-corrected chi connectivity index (χ4v) is 2.22. The van der Waals surface area contributed by atoms with E-state index in [1.807, 2.05) is 0 Å². The Hall–Kier alpha value is -1.47. The van der Waals surface area contributed by atoms with E-state index >= 15 is 0 Å². The molecule has 0 bridgehead atoms. The summed E-state index contributed by atoms with van der Waals surface area (Å²) in [6.45, 7) is 0. The zero-order chi connectivity index (χ0) is 15.8. The summed E-state index contributed by atoms with van der Waals surface area (Å²) < 4.78 is 64.7. The summed E-state index contributed by atoms with van der Waals surface area (Å²) in [6, 6.07) is 6.10. The molecule has 2 aromatic rings. The molecule has 1 nitrogen and oxygen atoms in total. The molecule has 1 unspecified atom stereocenters. The van der Waals surface area contributed by atoms with Gasteiger partial charge in [-0.1, -0.05) is 18.2 Å². The summed E-state index contributed by atoms with van der Waals surface area (Å²) in [5, 5.41) is 10.0. The standard InChI is InChI=1S/C14H8BrF5O/c15-10-3-1-2-8(12(10)17)13(21)7-4-5-9(11(16)6-7)14(18,19)20/h1-6,13,21H. The SMILES string of the molecule is OC(c1ccc(C(F)(F)F)c(F)c1)c1cccc(Br)c1F.